The van der Waals surface area contributed by atoms with E-state index in [0.717, 1.165) is 17.9 Å². The second kappa shape index (κ2) is 5.11. The van der Waals surface area contributed by atoms with Crippen molar-refractivity contribution < 1.29 is 5.11 Å². The fourth-order valence-corrected chi connectivity index (χ4v) is 3.23. The van der Waals surface area contributed by atoms with Gasteiger partial charge in [0.25, 0.3) is 0 Å². The molecule has 1 saturated carbocycles. The van der Waals surface area contributed by atoms with Crippen LogP contribution in [-0.2, 0) is 0 Å². The van der Waals surface area contributed by atoms with Crippen LogP contribution in [0.1, 0.15) is 43.8 Å². The molecule has 0 aromatic heterocycles. The second-order valence-electron chi connectivity index (χ2n) is 5.47. The van der Waals surface area contributed by atoms with Crippen LogP contribution >= 0.6 is 0 Å². The summed E-state index contributed by atoms with van der Waals surface area (Å²) in [6.45, 7) is 0. The van der Waals surface area contributed by atoms with Crippen molar-refractivity contribution in [1.29, 1.82) is 0 Å². The highest BCUT2D eigenvalue weighted by Gasteiger charge is 2.20. The predicted octanol–water partition coefficient (Wildman–Crippen LogP) is 4.45. The van der Waals surface area contributed by atoms with Gasteiger partial charge >= 0.3 is 0 Å². The van der Waals surface area contributed by atoms with Gasteiger partial charge in [-0.25, -0.2) is 0 Å². The van der Waals surface area contributed by atoms with Gasteiger partial charge in [-0.05, 0) is 28.7 Å². The van der Waals surface area contributed by atoms with Gasteiger partial charge in [0.2, 0.25) is 0 Å². The maximum Gasteiger partial charge on any atom is 0.0798 e. The molecule has 0 amide bonds. The van der Waals surface area contributed by atoms with Crippen LogP contribution in [0.3, 0.4) is 0 Å². The van der Waals surface area contributed by atoms with Crippen molar-refractivity contribution in [2.24, 2.45) is 5.92 Å². The van der Waals surface area contributed by atoms with Crippen molar-refractivity contribution >= 4 is 10.8 Å². The SMILES string of the molecule is OC(CC1CCCC1)c1cccc2ccccc12. The molecule has 0 bridgehead atoms. The van der Waals surface area contributed by atoms with Crippen LogP contribution < -0.4 is 0 Å². The molecule has 2 aromatic carbocycles. The van der Waals surface area contributed by atoms with E-state index in [-0.39, 0.29) is 6.10 Å². The Bertz CT molecular complexity index is 521. The standard InChI is InChI=1S/C17H20O/c18-17(12-13-6-1-2-7-13)16-11-5-9-14-8-3-4-10-15(14)16/h3-5,8-11,13,17-18H,1-2,6-7,12H2. The molecule has 1 atom stereocenters. The van der Waals surface area contributed by atoms with E-state index >= 15 is 0 Å². The van der Waals surface area contributed by atoms with Crippen LogP contribution in [0.2, 0.25) is 0 Å². The first-order chi connectivity index (χ1) is 8.84. The Morgan fingerprint density at radius 2 is 1.72 bits per heavy atom. The molecule has 1 nitrogen and oxygen atoms in total. The van der Waals surface area contributed by atoms with Gasteiger partial charge in [0.15, 0.2) is 0 Å². The van der Waals surface area contributed by atoms with Gasteiger partial charge in [-0.3, -0.25) is 0 Å². The Morgan fingerprint density at radius 3 is 2.56 bits per heavy atom. The summed E-state index contributed by atoms with van der Waals surface area (Å²) in [5, 5.41) is 12.9. The maximum absolute atomic E-state index is 10.5. The van der Waals surface area contributed by atoms with E-state index in [0.29, 0.717) is 0 Å². The average Bonchev–Trinajstić information content (AvgIpc) is 2.91. The van der Waals surface area contributed by atoms with Gasteiger partial charge in [-0.15, -0.1) is 0 Å². The lowest BCUT2D eigenvalue weighted by atomic mass is 9.92. The molecule has 1 unspecified atom stereocenters. The van der Waals surface area contributed by atoms with E-state index in [1.165, 1.54) is 36.5 Å². The minimum Gasteiger partial charge on any atom is -0.388 e. The van der Waals surface area contributed by atoms with Crippen molar-refractivity contribution in [2.45, 2.75) is 38.2 Å². The Kier molecular flexibility index (Phi) is 3.33. The van der Waals surface area contributed by atoms with Gasteiger partial charge in [0.05, 0.1) is 6.10 Å². The van der Waals surface area contributed by atoms with E-state index < -0.39 is 0 Å². The van der Waals surface area contributed by atoms with Gasteiger partial charge in [0.1, 0.15) is 0 Å². The Morgan fingerprint density at radius 1 is 1.00 bits per heavy atom. The maximum atomic E-state index is 10.5. The first kappa shape index (κ1) is 11.7. The summed E-state index contributed by atoms with van der Waals surface area (Å²) in [6.07, 6.45) is 5.89. The van der Waals surface area contributed by atoms with Crippen LogP contribution in [0, 0.1) is 5.92 Å². The Hall–Kier alpha value is -1.34. The largest absolute Gasteiger partial charge is 0.388 e. The van der Waals surface area contributed by atoms with Crippen molar-refractivity contribution in [3.8, 4) is 0 Å². The molecule has 18 heavy (non-hydrogen) atoms. The molecule has 0 radical (unpaired) electrons. The summed E-state index contributed by atoms with van der Waals surface area (Å²) in [5.74, 6) is 0.721. The second-order valence-corrected chi connectivity index (χ2v) is 5.47. The molecule has 3 rings (SSSR count). The van der Waals surface area contributed by atoms with Crippen LogP contribution in [0.4, 0.5) is 0 Å². The quantitative estimate of drug-likeness (QED) is 0.840. The number of benzene rings is 2. The number of fused-ring (bicyclic) bond motifs is 1. The zero-order valence-electron chi connectivity index (χ0n) is 10.7. The summed E-state index contributed by atoms with van der Waals surface area (Å²) in [7, 11) is 0. The van der Waals surface area contributed by atoms with Crippen LogP contribution in [0.5, 0.6) is 0 Å². The molecular formula is C17H20O. The molecule has 94 valence electrons. The molecule has 1 heteroatoms. The molecule has 0 aliphatic heterocycles. The molecule has 0 saturated heterocycles. The fourth-order valence-electron chi connectivity index (χ4n) is 3.23. The first-order valence-electron chi connectivity index (χ1n) is 7.00. The van der Waals surface area contributed by atoms with Crippen molar-refractivity contribution in [3.05, 3.63) is 48.0 Å². The third kappa shape index (κ3) is 2.28. The zero-order valence-corrected chi connectivity index (χ0v) is 10.7. The fraction of sp³-hybridized carbons (Fsp3) is 0.412. The lowest BCUT2D eigenvalue weighted by Gasteiger charge is -2.17. The lowest BCUT2D eigenvalue weighted by Crippen LogP contribution is -2.04. The molecule has 0 spiro atoms. The summed E-state index contributed by atoms with van der Waals surface area (Å²) < 4.78 is 0. The molecule has 2 aromatic rings. The van der Waals surface area contributed by atoms with E-state index in [1.807, 2.05) is 6.07 Å². The molecule has 1 fully saturated rings. The first-order valence-corrected chi connectivity index (χ1v) is 7.00. The van der Waals surface area contributed by atoms with Gasteiger partial charge < -0.3 is 5.11 Å². The number of hydrogen-bond donors (Lipinski definition) is 1. The van der Waals surface area contributed by atoms with E-state index in [2.05, 4.69) is 36.4 Å². The minimum absolute atomic E-state index is 0.306. The molecule has 0 heterocycles. The monoisotopic (exact) mass is 240 g/mol. The molecule has 1 aliphatic rings. The van der Waals surface area contributed by atoms with E-state index in [4.69, 9.17) is 0 Å². The third-order valence-electron chi connectivity index (χ3n) is 4.21. The van der Waals surface area contributed by atoms with Crippen molar-refractivity contribution in [2.75, 3.05) is 0 Å². The third-order valence-corrected chi connectivity index (χ3v) is 4.21. The minimum atomic E-state index is -0.306. The highest BCUT2D eigenvalue weighted by atomic mass is 16.3. The van der Waals surface area contributed by atoms with Gasteiger partial charge in [-0.1, -0.05) is 68.1 Å². The smallest absolute Gasteiger partial charge is 0.0798 e. The average molecular weight is 240 g/mol. The van der Waals surface area contributed by atoms with E-state index in [9.17, 15) is 5.11 Å². The van der Waals surface area contributed by atoms with Crippen LogP contribution in [0.25, 0.3) is 10.8 Å². The Balaban J connectivity index is 1.88. The molecule has 1 aliphatic carbocycles. The van der Waals surface area contributed by atoms with Crippen molar-refractivity contribution in [1.82, 2.24) is 0 Å². The normalized spacial score (nSPS) is 18.3. The Labute approximate surface area is 108 Å². The number of hydrogen-bond acceptors (Lipinski definition) is 1. The van der Waals surface area contributed by atoms with Gasteiger partial charge in [0, 0.05) is 0 Å². The molecule has 1 N–H and O–H groups in total. The highest BCUT2D eigenvalue weighted by Crippen LogP contribution is 2.34. The lowest BCUT2D eigenvalue weighted by molar-refractivity contribution is 0.146. The highest BCUT2D eigenvalue weighted by molar-refractivity contribution is 5.85. The topological polar surface area (TPSA) is 20.2 Å². The van der Waals surface area contributed by atoms with Crippen LogP contribution in [0.15, 0.2) is 42.5 Å². The van der Waals surface area contributed by atoms with Gasteiger partial charge in [-0.2, -0.15) is 0 Å². The van der Waals surface area contributed by atoms with Crippen molar-refractivity contribution in [3.63, 3.8) is 0 Å². The number of aliphatic hydroxyl groups is 1. The van der Waals surface area contributed by atoms with Crippen LogP contribution in [-0.4, -0.2) is 5.11 Å². The summed E-state index contributed by atoms with van der Waals surface area (Å²) in [4.78, 5) is 0. The zero-order chi connectivity index (χ0) is 12.4. The summed E-state index contributed by atoms with van der Waals surface area (Å²) in [5.41, 5.74) is 1.10. The molecular weight excluding hydrogens is 220 g/mol. The van der Waals surface area contributed by atoms with E-state index in [1.54, 1.807) is 0 Å². The number of rotatable bonds is 3. The summed E-state index contributed by atoms with van der Waals surface area (Å²) >= 11 is 0. The summed E-state index contributed by atoms with van der Waals surface area (Å²) in [6, 6.07) is 14.6. The number of aliphatic hydroxyl groups excluding tert-OH is 1. The predicted molar refractivity (Wildman–Crippen MR) is 75.5 cm³/mol.